The molecule has 2 rings (SSSR count). The van der Waals surface area contributed by atoms with Gasteiger partial charge in [-0.25, -0.2) is 8.42 Å². The van der Waals surface area contributed by atoms with Crippen molar-refractivity contribution in [2.45, 2.75) is 38.8 Å². The lowest BCUT2D eigenvalue weighted by Crippen LogP contribution is -2.48. The van der Waals surface area contributed by atoms with Gasteiger partial charge in [-0.2, -0.15) is 0 Å². The molecular weight excluding hydrogens is 521 g/mol. The van der Waals surface area contributed by atoms with Crippen LogP contribution < -0.4 is 9.62 Å². The fourth-order valence-electron chi connectivity index (χ4n) is 3.55. The molecule has 0 aliphatic heterocycles. The molecule has 1 N–H and O–H groups in total. The Morgan fingerprint density at radius 2 is 1.62 bits per heavy atom. The summed E-state index contributed by atoms with van der Waals surface area (Å²) in [7, 11) is -2.07. The van der Waals surface area contributed by atoms with E-state index in [0.29, 0.717) is 32.7 Å². The Balaban J connectivity index is 2.23. The summed E-state index contributed by atoms with van der Waals surface area (Å²) in [6.07, 6.45) is 1.75. The van der Waals surface area contributed by atoms with Crippen molar-refractivity contribution in [3.05, 3.63) is 63.1 Å². The van der Waals surface area contributed by atoms with E-state index in [1.54, 1.807) is 49.4 Å². The van der Waals surface area contributed by atoms with Crippen LogP contribution in [0.3, 0.4) is 0 Å². The highest BCUT2D eigenvalue weighted by Crippen LogP contribution is 2.27. The summed E-state index contributed by atoms with van der Waals surface area (Å²) in [5, 5.41) is 3.86. The fraction of sp³-hybridized carbons (Fsp3) is 0.391. The van der Waals surface area contributed by atoms with E-state index >= 15 is 0 Å². The van der Waals surface area contributed by atoms with E-state index in [1.807, 2.05) is 0 Å². The van der Waals surface area contributed by atoms with Crippen LogP contribution in [0.2, 0.25) is 15.1 Å². The van der Waals surface area contributed by atoms with Crippen LogP contribution >= 0.6 is 34.8 Å². The van der Waals surface area contributed by atoms with Crippen LogP contribution in [0, 0.1) is 0 Å². The van der Waals surface area contributed by atoms with Crippen molar-refractivity contribution in [3.63, 3.8) is 0 Å². The lowest BCUT2D eigenvalue weighted by atomic mass is 10.1. The second kappa shape index (κ2) is 12.6. The van der Waals surface area contributed by atoms with Crippen molar-refractivity contribution in [3.8, 4) is 0 Å². The van der Waals surface area contributed by atoms with Gasteiger partial charge in [-0.1, -0.05) is 47.8 Å². The largest absolute Gasteiger partial charge is 0.357 e. The van der Waals surface area contributed by atoms with Crippen molar-refractivity contribution in [1.29, 1.82) is 0 Å². The number of likely N-dealkylation sites (N-methyl/N-ethyl adjacent to an activating group) is 1. The van der Waals surface area contributed by atoms with Crippen LogP contribution in [0.4, 0.5) is 5.69 Å². The van der Waals surface area contributed by atoms with Gasteiger partial charge in [0.2, 0.25) is 21.8 Å². The highest BCUT2D eigenvalue weighted by Gasteiger charge is 2.29. The van der Waals surface area contributed by atoms with Gasteiger partial charge < -0.3 is 10.2 Å². The minimum Gasteiger partial charge on any atom is -0.357 e. The molecule has 34 heavy (non-hydrogen) atoms. The van der Waals surface area contributed by atoms with Gasteiger partial charge in [0, 0.05) is 47.2 Å². The maximum atomic E-state index is 13.3. The summed E-state index contributed by atoms with van der Waals surface area (Å²) in [5.74, 6) is -0.617. The standard InChI is InChI=1S/C23H28Cl3N3O4S/c1-4-21(23(31)27-2)28(15-18-19(25)7-5-8-20(18)26)22(30)9-6-14-29(34(3,32)33)17-12-10-16(24)11-13-17/h5,7-8,10-13,21H,4,6,9,14-15H2,1-3H3,(H,27,31)/t21-/m0/s1. The van der Waals surface area contributed by atoms with Crippen LogP contribution in [-0.4, -0.2) is 51.0 Å². The Hall–Kier alpha value is -2.00. The monoisotopic (exact) mass is 547 g/mol. The molecule has 2 amide bonds. The maximum absolute atomic E-state index is 13.3. The number of benzene rings is 2. The lowest BCUT2D eigenvalue weighted by Gasteiger charge is -2.31. The number of amides is 2. The number of nitrogens with one attached hydrogen (secondary N) is 1. The van der Waals surface area contributed by atoms with E-state index in [9.17, 15) is 18.0 Å². The quantitative estimate of drug-likeness (QED) is 0.439. The SMILES string of the molecule is CC[C@@H](C(=O)NC)N(Cc1c(Cl)cccc1Cl)C(=O)CCCN(c1ccc(Cl)cc1)S(C)(=O)=O. The van der Waals surface area contributed by atoms with Crippen molar-refractivity contribution in [1.82, 2.24) is 10.2 Å². The predicted octanol–water partition coefficient (Wildman–Crippen LogP) is 4.75. The predicted molar refractivity (Wildman–Crippen MR) is 138 cm³/mol. The molecule has 0 fully saturated rings. The van der Waals surface area contributed by atoms with Crippen LogP contribution in [0.5, 0.6) is 0 Å². The average molecular weight is 549 g/mol. The summed E-state index contributed by atoms with van der Waals surface area (Å²) < 4.78 is 25.9. The first kappa shape index (κ1) is 28.2. The van der Waals surface area contributed by atoms with Crippen molar-refractivity contribution >= 4 is 62.3 Å². The Bertz CT molecular complexity index is 1090. The van der Waals surface area contributed by atoms with Gasteiger partial charge in [0.1, 0.15) is 6.04 Å². The Morgan fingerprint density at radius 1 is 1.03 bits per heavy atom. The van der Waals surface area contributed by atoms with Gasteiger partial charge in [0.25, 0.3) is 0 Å². The third kappa shape index (κ3) is 7.50. The van der Waals surface area contributed by atoms with Gasteiger partial charge >= 0.3 is 0 Å². The van der Waals surface area contributed by atoms with E-state index in [0.717, 1.165) is 6.26 Å². The second-order valence-electron chi connectivity index (χ2n) is 7.68. The van der Waals surface area contributed by atoms with E-state index in [1.165, 1.54) is 16.3 Å². The smallest absolute Gasteiger partial charge is 0.242 e. The molecule has 2 aromatic carbocycles. The molecule has 1 atom stereocenters. The molecule has 7 nitrogen and oxygen atoms in total. The lowest BCUT2D eigenvalue weighted by molar-refractivity contribution is -0.141. The molecular formula is C23H28Cl3N3O4S. The van der Waals surface area contributed by atoms with E-state index < -0.39 is 16.1 Å². The number of anilines is 1. The number of carbonyl (C=O) groups is 2. The minimum absolute atomic E-state index is 0.0230. The zero-order valence-corrected chi connectivity index (χ0v) is 22.3. The second-order valence-corrected chi connectivity index (χ2v) is 10.8. The average Bonchev–Trinajstić information content (AvgIpc) is 2.78. The highest BCUT2D eigenvalue weighted by molar-refractivity contribution is 7.92. The number of sulfonamides is 1. The summed E-state index contributed by atoms with van der Waals surface area (Å²) >= 11 is 18.5. The van der Waals surface area contributed by atoms with Crippen LogP contribution in [0.25, 0.3) is 0 Å². The molecule has 0 spiro atoms. The molecule has 11 heteroatoms. The first-order valence-corrected chi connectivity index (χ1v) is 13.6. The molecule has 0 saturated carbocycles. The molecule has 0 saturated heterocycles. The normalized spacial score (nSPS) is 12.2. The van der Waals surface area contributed by atoms with Crippen LogP contribution in [-0.2, 0) is 26.2 Å². The summed E-state index contributed by atoms with van der Waals surface area (Å²) in [6, 6.07) is 10.7. The zero-order chi connectivity index (χ0) is 25.5. The van der Waals surface area contributed by atoms with Crippen molar-refractivity contribution < 1.29 is 18.0 Å². The molecule has 0 aromatic heterocycles. The molecule has 0 radical (unpaired) electrons. The first-order valence-electron chi connectivity index (χ1n) is 10.7. The number of halogens is 3. The number of carbonyl (C=O) groups excluding carboxylic acids is 2. The zero-order valence-electron chi connectivity index (χ0n) is 19.2. The van der Waals surface area contributed by atoms with Crippen LogP contribution in [0.15, 0.2) is 42.5 Å². The molecule has 0 aliphatic rings. The topological polar surface area (TPSA) is 86.8 Å². The molecule has 186 valence electrons. The number of nitrogens with zero attached hydrogens (tertiary/aromatic N) is 2. The van der Waals surface area contributed by atoms with E-state index in [-0.39, 0.29) is 37.7 Å². The van der Waals surface area contributed by atoms with Crippen LogP contribution in [0.1, 0.15) is 31.7 Å². The van der Waals surface area contributed by atoms with Gasteiger partial charge in [0.15, 0.2) is 0 Å². The van der Waals surface area contributed by atoms with Crippen molar-refractivity contribution in [2.75, 3.05) is 24.2 Å². The van der Waals surface area contributed by atoms with Gasteiger partial charge in [-0.15, -0.1) is 0 Å². The Kier molecular flexibility index (Phi) is 10.5. The third-order valence-corrected chi connectivity index (χ3v) is 7.44. The summed E-state index contributed by atoms with van der Waals surface area (Å²) in [5.41, 5.74) is 0.997. The maximum Gasteiger partial charge on any atom is 0.242 e. The van der Waals surface area contributed by atoms with E-state index in [2.05, 4.69) is 5.32 Å². The summed E-state index contributed by atoms with van der Waals surface area (Å²) in [6.45, 7) is 1.94. The number of rotatable bonds is 11. The number of hydrogen-bond donors (Lipinski definition) is 1. The fourth-order valence-corrected chi connectivity index (χ4v) is 5.16. The molecule has 0 unspecified atom stereocenters. The molecule has 0 aliphatic carbocycles. The minimum atomic E-state index is -3.58. The third-order valence-electron chi connectivity index (χ3n) is 5.29. The Morgan fingerprint density at radius 3 is 2.12 bits per heavy atom. The Labute approximate surface area is 216 Å². The summed E-state index contributed by atoms with van der Waals surface area (Å²) in [4.78, 5) is 27.2. The molecule has 0 bridgehead atoms. The first-order chi connectivity index (χ1) is 16.0. The highest BCUT2D eigenvalue weighted by atomic mass is 35.5. The van der Waals surface area contributed by atoms with Crippen molar-refractivity contribution in [2.24, 2.45) is 0 Å². The van der Waals surface area contributed by atoms with E-state index in [4.69, 9.17) is 34.8 Å². The molecule has 2 aromatic rings. The van der Waals surface area contributed by atoms with Gasteiger partial charge in [0.05, 0.1) is 11.9 Å². The van der Waals surface area contributed by atoms with Gasteiger partial charge in [-0.3, -0.25) is 13.9 Å². The molecule has 0 heterocycles. The number of hydrogen-bond acceptors (Lipinski definition) is 4. The van der Waals surface area contributed by atoms with Gasteiger partial charge in [-0.05, 0) is 49.2 Å².